The van der Waals surface area contributed by atoms with Crippen LogP contribution < -0.4 is 19.5 Å². The lowest BCUT2D eigenvalue weighted by molar-refractivity contribution is -0.142. The van der Waals surface area contributed by atoms with Crippen LogP contribution in [-0.4, -0.2) is 49.6 Å². The number of esters is 1. The molecule has 1 heterocycles. The second-order valence-electron chi connectivity index (χ2n) is 6.70. The van der Waals surface area contributed by atoms with E-state index in [-0.39, 0.29) is 11.4 Å². The number of benzene rings is 2. The van der Waals surface area contributed by atoms with Crippen molar-refractivity contribution in [1.29, 1.82) is 5.26 Å². The van der Waals surface area contributed by atoms with Gasteiger partial charge in [0, 0.05) is 17.7 Å². The summed E-state index contributed by atoms with van der Waals surface area (Å²) in [6.07, 6.45) is 3.97. The highest BCUT2D eigenvalue weighted by Crippen LogP contribution is 2.35. The minimum atomic E-state index is -0.746. The third kappa shape index (κ3) is 5.52. The number of rotatable bonds is 9. The zero-order valence-corrected chi connectivity index (χ0v) is 18.8. The Labute approximate surface area is 195 Å². The molecule has 1 aromatic heterocycles. The van der Waals surface area contributed by atoms with Crippen molar-refractivity contribution in [2.24, 2.45) is 0 Å². The maximum atomic E-state index is 12.4. The van der Waals surface area contributed by atoms with Crippen LogP contribution in [0.4, 0.5) is 5.82 Å². The topological polar surface area (TPSA) is 125 Å². The number of ether oxygens (including phenoxy) is 4. The van der Waals surface area contributed by atoms with Gasteiger partial charge in [0.1, 0.15) is 17.4 Å². The van der Waals surface area contributed by atoms with Crippen LogP contribution in [0.25, 0.3) is 11.8 Å². The lowest BCUT2D eigenvalue weighted by Crippen LogP contribution is -2.22. The molecule has 0 saturated heterocycles. The van der Waals surface area contributed by atoms with E-state index in [1.54, 1.807) is 36.4 Å². The summed E-state index contributed by atoms with van der Waals surface area (Å²) in [7, 11) is 4.48. The van der Waals surface area contributed by atoms with Gasteiger partial charge in [0.05, 0.1) is 33.2 Å². The molecule has 0 radical (unpaired) electrons. The SMILES string of the molecule is COc1cc(OC)c(OC)cc1/C=C/C(=O)OCC(=O)Nc1c(C#N)cnn1-c1ccccc1. The van der Waals surface area contributed by atoms with Crippen LogP contribution in [0.1, 0.15) is 11.1 Å². The van der Waals surface area contributed by atoms with Crippen molar-refractivity contribution in [3.63, 3.8) is 0 Å². The second kappa shape index (κ2) is 11.2. The minimum Gasteiger partial charge on any atom is -0.496 e. The Morgan fingerprint density at radius 3 is 2.38 bits per heavy atom. The van der Waals surface area contributed by atoms with Crippen molar-refractivity contribution >= 4 is 23.8 Å². The van der Waals surface area contributed by atoms with Crippen LogP contribution in [-0.2, 0) is 14.3 Å². The number of aromatic nitrogens is 2. The third-order valence-corrected chi connectivity index (χ3v) is 4.63. The summed E-state index contributed by atoms with van der Waals surface area (Å²) < 4.78 is 22.2. The van der Waals surface area contributed by atoms with Crippen molar-refractivity contribution < 1.29 is 28.5 Å². The number of nitrogens with one attached hydrogen (secondary N) is 1. The summed E-state index contributed by atoms with van der Waals surface area (Å²) in [6.45, 7) is -0.558. The predicted molar refractivity (Wildman–Crippen MR) is 123 cm³/mol. The lowest BCUT2D eigenvalue weighted by atomic mass is 10.1. The van der Waals surface area contributed by atoms with E-state index in [0.29, 0.717) is 28.5 Å². The fourth-order valence-electron chi connectivity index (χ4n) is 3.01. The van der Waals surface area contributed by atoms with Gasteiger partial charge in [-0.25, -0.2) is 9.48 Å². The Bertz CT molecular complexity index is 1240. The van der Waals surface area contributed by atoms with E-state index >= 15 is 0 Å². The van der Waals surface area contributed by atoms with Crippen molar-refractivity contribution in [3.05, 3.63) is 65.9 Å². The molecular formula is C24H22N4O6. The third-order valence-electron chi connectivity index (χ3n) is 4.63. The Morgan fingerprint density at radius 1 is 1.06 bits per heavy atom. The number of hydrogen-bond donors (Lipinski definition) is 1. The van der Waals surface area contributed by atoms with Gasteiger partial charge in [-0.2, -0.15) is 10.4 Å². The molecule has 0 bridgehead atoms. The molecular weight excluding hydrogens is 440 g/mol. The van der Waals surface area contributed by atoms with Crippen LogP contribution in [0.5, 0.6) is 17.2 Å². The van der Waals surface area contributed by atoms with Crippen LogP contribution in [0.3, 0.4) is 0 Å². The largest absolute Gasteiger partial charge is 0.496 e. The number of carbonyl (C=O) groups is 2. The fraction of sp³-hybridized carbons (Fsp3) is 0.167. The Kier molecular flexibility index (Phi) is 7.86. The van der Waals surface area contributed by atoms with Gasteiger partial charge in [-0.1, -0.05) is 18.2 Å². The van der Waals surface area contributed by atoms with Crippen LogP contribution in [0, 0.1) is 11.3 Å². The number of methoxy groups -OCH3 is 3. The van der Waals surface area contributed by atoms with E-state index in [4.69, 9.17) is 18.9 Å². The molecule has 0 spiro atoms. The first-order chi connectivity index (χ1) is 16.5. The molecule has 3 aromatic rings. The first kappa shape index (κ1) is 23.9. The highest BCUT2D eigenvalue weighted by atomic mass is 16.5. The average Bonchev–Trinajstić information content (AvgIpc) is 3.28. The summed E-state index contributed by atoms with van der Waals surface area (Å²) in [5.74, 6) is 0.197. The molecule has 10 heteroatoms. The zero-order valence-electron chi connectivity index (χ0n) is 18.8. The Balaban J connectivity index is 1.66. The van der Waals surface area contributed by atoms with E-state index in [2.05, 4.69) is 10.4 Å². The summed E-state index contributed by atoms with van der Waals surface area (Å²) in [5, 5.41) is 16.0. The molecule has 0 unspecified atom stereocenters. The Morgan fingerprint density at radius 2 is 1.74 bits per heavy atom. The van der Waals surface area contributed by atoms with Crippen LogP contribution >= 0.6 is 0 Å². The molecule has 0 aliphatic heterocycles. The summed E-state index contributed by atoms with van der Waals surface area (Å²) >= 11 is 0. The molecule has 0 atom stereocenters. The normalized spacial score (nSPS) is 10.4. The standard InChI is InChI=1S/C24H22N4O6/c1-31-19-12-21(33-3)20(32-2)11-16(19)9-10-23(30)34-15-22(29)27-24-17(13-25)14-26-28(24)18-7-5-4-6-8-18/h4-12,14H,15H2,1-3H3,(H,27,29)/b10-9+. The van der Waals surface area contributed by atoms with Gasteiger partial charge >= 0.3 is 5.97 Å². The molecule has 1 N–H and O–H groups in total. The summed E-state index contributed by atoms with van der Waals surface area (Å²) in [4.78, 5) is 24.5. The van der Waals surface area contributed by atoms with E-state index in [9.17, 15) is 14.9 Å². The molecule has 1 amide bonds. The van der Waals surface area contributed by atoms with Crippen molar-refractivity contribution in [3.8, 4) is 29.0 Å². The van der Waals surface area contributed by atoms with E-state index in [0.717, 1.165) is 6.08 Å². The van der Waals surface area contributed by atoms with E-state index in [1.165, 1.54) is 38.3 Å². The molecule has 2 aromatic carbocycles. The number of nitrogens with zero attached hydrogens (tertiary/aromatic N) is 3. The quantitative estimate of drug-likeness (QED) is 0.380. The first-order valence-corrected chi connectivity index (χ1v) is 9.99. The lowest BCUT2D eigenvalue weighted by Gasteiger charge is -2.12. The number of hydrogen-bond acceptors (Lipinski definition) is 8. The molecule has 174 valence electrons. The number of nitriles is 1. The van der Waals surface area contributed by atoms with Gasteiger partial charge in [0.2, 0.25) is 0 Å². The van der Waals surface area contributed by atoms with Crippen molar-refractivity contribution in [1.82, 2.24) is 9.78 Å². The Hall–Kier alpha value is -4.78. The van der Waals surface area contributed by atoms with E-state index < -0.39 is 18.5 Å². The van der Waals surface area contributed by atoms with Gasteiger partial charge in [-0.3, -0.25) is 4.79 Å². The van der Waals surface area contributed by atoms with Crippen molar-refractivity contribution in [2.75, 3.05) is 33.3 Å². The molecule has 3 rings (SSSR count). The molecule has 0 saturated carbocycles. The maximum Gasteiger partial charge on any atom is 0.331 e. The zero-order chi connectivity index (χ0) is 24.5. The monoisotopic (exact) mass is 462 g/mol. The van der Waals surface area contributed by atoms with E-state index in [1.807, 2.05) is 12.1 Å². The maximum absolute atomic E-state index is 12.4. The van der Waals surface area contributed by atoms with Gasteiger partial charge in [0.25, 0.3) is 5.91 Å². The molecule has 10 nitrogen and oxygen atoms in total. The molecule has 0 aliphatic carbocycles. The number of anilines is 1. The predicted octanol–water partition coefficient (Wildman–Crippen LogP) is 2.96. The second-order valence-corrected chi connectivity index (χ2v) is 6.70. The van der Waals surface area contributed by atoms with Crippen molar-refractivity contribution in [2.45, 2.75) is 0 Å². The minimum absolute atomic E-state index is 0.170. The highest BCUT2D eigenvalue weighted by Gasteiger charge is 2.16. The number of carbonyl (C=O) groups excluding carboxylic acids is 2. The fourth-order valence-corrected chi connectivity index (χ4v) is 3.01. The van der Waals surface area contributed by atoms with Gasteiger partial charge in [-0.05, 0) is 24.3 Å². The highest BCUT2D eigenvalue weighted by molar-refractivity contribution is 5.95. The van der Waals surface area contributed by atoms with Gasteiger partial charge in [0.15, 0.2) is 23.9 Å². The van der Waals surface area contributed by atoms with Crippen LogP contribution in [0.15, 0.2) is 54.7 Å². The van der Waals surface area contributed by atoms with Gasteiger partial charge in [-0.15, -0.1) is 0 Å². The smallest absolute Gasteiger partial charge is 0.331 e. The summed E-state index contributed by atoms with van der Waals surface area (Å²) in [5.41, 5.74) is 1.37. The first-order valence-electron chi connectivity index (χ1n) is 9.99. The number of amides is 1. The number of para-hydroxylation sites is 1. The molecule has 0 fully saturated rings. The molecule has 0 aliphatic rings. The average molecular weight is 462 g/mol. The summed E-state index contributed by atoms with van der Waals surface area (Å²) in [6, 6.07) is 14.2. The van der Waals surface area contributed by atoms with Gasteiger partial charge < -0.3 is 24.3 Å². The van der Waals surface area contributed by atoms with Crippen LogP contribution in [0.2, 0.25) is 0 Å². The molecule has 34 heavy (non-hydrogen) atoms.